The summed E-state index contributed by atoms with van der Waals surface area (Å²) in [7, 11) is 0. The number of alkyl halides is 3. The largest absolute Gasteiger partial charge is 0.423 e. The maximum atomic E-state index is 14.1. The van der Waals surface area contributed by atoms with Gasteiger partial charge in [-0.2, -0.15) is 13.2 Å². The molecule has 1 fully saturated rings. The molecule has 0 heterocycles. The molecule has 0 radical (unpaired) electrons. The Hall–Kier alpha value is -3.48. The average molecular weight is 501 g/mol. The smallest absolute Gasteiger partial charge is 0.409 e. The lowest BCUT2D eigenvalue weighted by Gasteiger charge is -2.26. The fourth-order valence-electron chi connectivity index (χ4n) is 4.46. The second-order valence-electron chi connectivity index (χ2n) is 9.22. The maximum absolute atomic E-state index is 14.1. The molecule has 36 heavy (non-hydrogen) atoms. The summed E-state index contributed by atoms with van der Waals surface area (Å²) in [6.45, 7) is 2.30. The molecule has 0 amide bonds. The molecule has 0 saturated heterocycles. The number of esters is 1. The quantitative estimate of drug-likeness (QED) is 0.199. The molecule has 2 nitrogen and oxygen atoms in total. The normalized spacial score (nSPS) is 18.4. The van der Waals surface area contributed by atoms with Crippen LogP contribution in [0.3, 0.4) is 0 Å². The second kappa shape index (κ2) is 10.6. The Morgan fingerprint density at radius 3 is 1.92 bits per heavy atom. The van der Waals surface area contributed by atoms with Crippen LogP contribution in [0, 0.1) is 17.6 Å². The standard InChI is InChI=1S/C29H25F5O2/c1-18-2-4-19(5-3-18)20-6-8-21(9-7-20)22-10-12-23(13-11-22)28(35)36-24-16-26(30)25(27(31)17-24)14-15-29(32,33)34/h6-19H,2-5H2,1H3/b15-14+. The zero-order valence-corrected chi connectivity index (χ0v) is 19.6. The summed E-state index contributed by atoms with van der Waals surface area (Å²) in [4.78, 5) is 12.4. The molecule has 0 aliphatic heterocycles. The van der Waals surface area contributed by atoms with Crippen LogP contribution in [-0.2, 0) is 0 Å². The lowest BCUT2D eigenvalue weighted by Crippen LogP contribution is -2.10. The van der Waals surface area contributed by atoms with Crippen LogP contribution in [-0.4, -0.2) is 12.1 Å². The molecule has 0 atom stereocenters. The van der Waals surface area contributed by atoms with Crippen LogP contribution < -0.4 is 4.74 Å². The topological polar surface area (TPSA) is 26.3 Å². The van der Waals surface area contributed by atoms with Gasteiger partial charge in [0.25, 0.3) is 0 Å². The van der Waals surface area contributed by atoms with Gasteiger partial charge >= 0.3 is 12.1 Å². The van der Waals surface area contributed by atoms with Gasteiger partial charge in [0.2, 0.25) is 0 Å². The molecule has 7 heteroatoms. The Bertz CT molecular complexity index is 1210. The molecule has 1 aliphatic rings. The minimum Gasteiger partial charge on any atom is -0.423 e. The van der Waals surface area contributed by atoms with Crippen molar-refractivity contribution >= 4 is 12.0 Å². The first-order valence-corrected chi connectivity index (χ1v) is 11.8. The van der Waals surface area contributed by atoms with E-state index >= 15 is 0 Å². The highest BCUT2D eigenvalue weighted by Gasteiger charge is 2.23. The van der Waals surface area contributed by atoms with Crippen molar-refractivity contribution in [3.05, 3.63) is 95.1 Å². The van der Waals surface area contributed by atoms with Crippen LogP contribution in [0.15, 0.2) is 66.7 Å². The van der Waals surface area contributed by atoms with Crippen molar-refractivity contribution in [3.63, 3.8) is 0 Å². The van der Waals surface area contributed by atoms with Crippen molar-refractivity contribution in [1.82, 2.24) is 0 Å². The molecule has 0 bridgehead atoms. The lowest BCUT2D eigenvalue weighted by molar-refractivity contribution is -0.0790. The molecule has 0 aromatic heterocycles. The average Bonchev–Trinajstić information content (AvgIpc) is 2.83. The summed E-state index contributed by atoms with van der Waals surface area (Å²) in [5.41, 5.74) is 2.52. The highest BCUT2D eigenvalue weighted by Crippen LogP contribution is 2.36. The van der Waals surface area contributed by atoms with Gasteiger partial charge in [0.1, 0.15) is 17.4 Å². The molecule has 0 unspecified atom stereocenters. The number of rotatable bonds is 5. The minimum absolute atomic E-state index is 0.161. The molecule has 1 saturated carbocycles. The maximum Gasteiger partial charge on any atom is 0.409 e. The van der Waals surface area contributed by atoms with E-state index in [9.17, 15) is 26.7 Å². The summed E-state index contributed by atoms with van der Waals surface area (Å²) in [6, 6.07) is 16.3. The number of allylic oxidation sites excluding steroid dienone is 1. The lowest BCUT2D eigenvalue weighted by atomic mass is 9.79. The van der Waals surface area contributed by atoms with Crippen molar-refractivity contribution in [1.29, 1.82) is 0 Å². The Kier molecular flexibility index (Phi) is 7.57. The molecule has 0 spiro atoms. The van der Waals surface area contributed by atoms with Gasteiger partial charge in [-0.25, -0.2) is 13.6 Å². The fraction of sp³-hybridized carbons (Fsp3) is 0.276. The number of hydrogen-bond acceptors (Lipinski definition) is 2. The molecule has 0 N–H and O–H groups in total. The minimum atomic E-state index is -4.72. The molecular weight excluding hydrogens is 475 g/mol. The van der Waals surface area contributed by atoms with Crippen LogP contribution in [0.5, 0.6) is 5.75 Å². The van der Waals surface area contributed by atoms with E-state index in [0.717, 1.165) is 17.0 Å². The predicted octanol–water partition coefficient (Wildman–Crippen LogP) is 8.72. The van der Waals surface area contributed by atoms with E-state index in [2.05, 4.69) is 31.2 Å². The number of ether oxygens (including phenoxy) is 1. The zero-order chi connectivity index (χ0) is 25.9. The van der Waals surface area contributed by atoms with Gasteiger partial charge in [-0.15, -0.1) is 0 Å². The third kappa shape index (κ3) is 6.39. The van der Waals surface area contributed by atoms with Crippen LogP contribution in [0.4, 0.5) is 22.0 Å². The summed E-state index contributed by atoms with van der Waals surface area (Å²) >= 11 is 0. The fourth-order valence-corrected chi connectivity index (χ4v) is 4.46. The Morgan fingerprint density at radius 2 is 1.39 bits per heavy atom. The van der Waals surface area contributed by atoms with E-state index in [4.69, 9.17) is 4.74 Å². The predicted molar refractivity (Wildman–Crippen MR) is 129 cm³/mol. The van der Waals surface area contributed by atoms with Gasteiger partial charge < -0.3 is 4.74 Å². The monoisotopic (exact) mass is 500 g/mol. The number of hydrogen-bond donors (Lipinski definition) is 0. The summed E-state index contributed by atoms with van der Waals surface area (Å²) in [6.07, 6.45) is 0.219. The number of carbonyl (C=O) groups excluding carboxylic acids is 1. The molecule has 3 aromatic carbocycles. The van der Waals surface area contributed by atoms with Crippen LogP contribution >= 0.6 is 0 Å². The Morgan fingerprint density at radius 1 is 0.861 bits per heavy atom. The van der Waals surface area contributed by atoms with Gasteiger partial charge in [0, 0.05) is 23.8 Å². The van der Waals surface area contributed by atoms with Gasteiger partial charge in [-0.1, -0.05) is 56.2 Å². The molecule has 1 aliphatic carbocycles. The van der Waals surface area contributed by atoms with Gasteiger partial charge in [-0.3, -0.25) is 0 Å². The van der Waals surface area contributed by atoms with Crippen molar-refractivity contribution in [2.75, 3.05) is 0 Å². The summed E-state index contributed by atoms with van der Waals surface area (Å²) in [5, 5.41) is 0. The molecule has 4 rings (SSSR count). The van der Waals surface area contributed by atoms with Crippen molar-refractivity contribution in [2.24, 2.45) is 5.92 Å². The third-order valence-corrected chi connectivity index (χ3v) is 6.55. The number of benzene rings is 3. The first kappa shape index (κ1) is 25.6. The van der Waals surface area contributed by atoms with Crippen LogP contribution in [0.25, 0.3) is 17.2 Å². The SMILES string of the molecule is CC1CCC(c2ccc(-c3ccc(C(=O)Oc4cc(F)c(/C=C/C(F)(F)F)c(F)c4)cc3)cc2)CC1. The molecular formula is C29H25F5O2. The van der Waals surface area contributed by atoms with Gasteiger partial charge in [0.05, 0.1) is 5.56 Å². The number of carbonyl (C=O) groups is 1. The van der Waals surface area contributed by atoms with Gasteiger partial charge in [0.15, 0.2) is 0 Å². The van der Waals surface area contributed by atoms with Crippen molar-refractivity contribution < 1.29 is 31.5 Å². The summed E-state index contributed by atoms with van der Waals surface area (Å²) < 4.78 is 70.1. The van der Waals surface area contributed by atoms with Crippen molar-refractivity contribution in [2.45, 2.75) is 44.7 Å². The number of halogens is 5. The van der Waals surface area contributed by atoms with Crippen LogP contribution in [0.2, 0.25) is 0 Å². The first-order chi connectivity index (χ1) is 17.1. The molecule has 188 valence electrons. The molecule has 3 aromatic rings. The first-order valence-electron chi connectivity index (χ1n) is 11.8. The Labute approximate surface area is 206 Å². The van der Waals surface area contributed by atoms with E-state index < -0.39 is 35.1 Å². The third-order valence-electron chi connectivity index (χ3n) is 6.55. The van der Waals surface area contributed by atoms with Gasteiger partial charge in [-0.05, 0) is 59.6 Å². The van der Waals surface area contributed by atoms with Crippen molar-refractivity contribution in [3.8, 4) is 16.9 Å². The zero-order valence-electron chi connectivity index (χ0n) is 19.6. The van der Waals surface area contributed by atoms with E-state index in [0.29, 0.717) is 18.1 Å². The highest BCUT2D eigenvalue weighted by molar-refractivity contribution is 5.91. The van der Waals surface area contributed by atoms with E-state index in [-0.39, 0.29) is 17.7 Å². The summed E-state index contributed by atoms with van der Waals surface area (Å²) in [5.74, 6) is -2.46. The van der Waals surface area contributed by atoms with E-state index in [1.54, 1.807) is 24.3 Å². The highest BCUT2D eigenvalue weighted by atomic mass is 19.4. The Balaban J connectivity index is 1.42. The second-order valence-corrected chi connectivity index (χ2v) is 9.22. The van der Waals surface area contributed by atoms with E-state index in [1.165, 1.54) is 31.2 Å². The van der Waals surface area contributed by atoms with Crippen LogP contribution in [0.1, 0.15) is 60.0 Å². The van der Waals surface area contributed by atoms with E-state index in [1.807, 2.05) is 0 Å².